The van der Waals surface area contributed by atoms with Gasteiger partial charge in [-0.1, -0.05) is 30.5 Å². The molecule has 0 bridgehead atoms. The molecule has 4 rings (SSSR count). The van der Waals surface area contributed by atoms with Gasteiger partial charge in [0.1, 0.15) is 10.7 Å². The molecule has 2 aliphatic rings. The van der Waals surface area contributed by atoms with Crippen molar-refractivity contribution in [3.05, 3.63) is 52.8 Å². The van der Waals surface area contributed by atoms with E-state index in [-0.39, 0.29) is 29.3 Å². The molecule has 144 valence electrons. The molecule has 0 saturated heterocycles. The molecule has 1 saturated carbocycles. The van der Waals surface area contributed by atoms with E-state index < -0.39 is 15.8 Å². The summed E-state index contributed by atoms with van der Waals surface area (Å²) in [5.41, 5.74) is 0.799. The van der Waals surface area contributed by atoms with Crippen LogP contribution in [0.25, 0.3) is 0 Å². The lowest BCUT2D eigenvalue weighted by Gasteiger charge is -2.28. The Balaban J connectivity index is 1.70. The second kappa shape index (κ2) is 7.30. The Morgan fingerprint density at radius 3 is 2.56 bits per heavy atom. The van der Waals surface area contributed by atoms with Crippen molar-refractivity contribution in [3.8, 4) is 11.5 Å². The van der Waals surface area contributed by atoms with E-state index in [0.717, 1.165) is 43.4 Å². The van der Waals surface area contributed by atoms with E-state index in [1.807, 2.05) is 6.07 Å². The van der Waals surface area contributed by atoms with Crippen molar-refractivity contribution in [3.63, 3.8) is 0 Å². The molecule has 1 aliphatic heterocycles. The summed E-state index contributed by atoms with van der Waals surface area (Å²) < 4.78 is 52.3. The average molecular weight is 412 g/mol. The molecule has 1 heterocycles. The molecule has 0 amide bonds. The average Bonchev–Trinajstić information content (AvgIpc) is 3.30. The number of hydrogen-bond donors (Lipinski definition) is 0. The monoisotopic (exact) mass is 411 g/mol. The molecule has 0 radical (unpaired) electrons. The minimum atomic E-state index is -3.88. The predicted octanol–water partition coefficient (Wildman–Crippen LogP) is 4.34. The molecule has 2 aromatic carbocycles. The first kappa shape index (κ1) is 18.5. The van der Waals surface area contributed by atoms with Crippen molar-refractivity contribution in [2.24, 2.45) is 0 Å². The molecule has 1 fully saturated rings. The second-order valence-electron chi connectivity index (χ2n) is 6.75. The minimum Gasteiger partial charge on any atom is -0.454 e. The Labute approximate surface area is 162 Å². The van der Waals surface area contributed by atoms with Crippen LogP contribution in [0.15, 0.2) is 41.3 Å². The van der Waals surface area contributed by atoms with E-state index in [9.17, 15) is 12.8 Å². The fourth-order valence-corrected chi connectivity index (χ4v) is 5.81. The van der Waals surface area contributed by atoms with Crippen LogP contribution in [0.2, 0.25) is 5.02 Å². The summed E-state index contributed by atoms with van der Waals surface area (Å²) in [5, 5.41) is -0.108. The lowest BCUT2D eigenvalue weighted by Crippen LogP contribution is -2.38. The smallest absolute Gasteiger partial charge is 0.245 e. The zero-order chi connectivity index (χ0) is 19.0. The Hall–Kier alpha value is -1.83. The largest absolute Gasteiger partial charge is 0.454 e. The quantitative estimate of drug-likeness (QED) is 0.734. The van der Waals surface area contributed by atoms with Crippen molar-refractivity contribution in [2.75, 3.05) is 6.79 Å². The first-order chi connectivity index (χ1) is 12.9. The van der Waals surface area contributed by atoms with Crippen LogP contribution < -0.4 is 9.47 Å². The fourth-order valence-electron chi connectivity index (χ4n) is 3.63. The van der Waals surface area contributed by atoms with Gasteiger partial charge in [-0.05, 0) is 48.7 Å². The molecular weight excluding hydrogens is 393 g/mol. The van der Waals surface area contributed by atoms with Crippen LogP contribution in [0.3, 0.4) is 0 Å². The number of nitrogens with zero attached hydrogens (tertiary/aromatic N) is 1. The van der Waals surface area contributed by atoms with Crippen LogP contribution in [0, 0.1) is 5.82 Å². The van der Waals surface area contributed by atoms with Crippen LogP contribution in [0.5, 0.6) is 11.5 Å². The number of fused-ring (bicyclic) bond motifs is 1. The maximum absolute atomic E-state index is 13.4. The summed E-state index contributed by atoms with van der Waals surface area (Å²) >= 11 is 6.06. The molecule has 1 aliphatic carbocycles. The van der Waals surface area contributed by atoms with Gasteiger partial charge in [-0.25, -0.2) is 12.8 Å². The Kier molecular flexibility index (Phi) is 5.01. The van der Waals surface area contributed by atoms with Gasteiger partial charge in [-0.15, -0.1) is 0 Å². The van der Waals surface area contributed by atoms with Gasteiger partial charge in [-0.3, -0.25) is 0 Å². The van der Waals surface area contributed by atoms with Crippen LogP contribution in [0.4, 0.5) is 4.39 Å². The lowest BCUT2D eigenvalue weighted by atomic mass is 10.1. The SMILES string of the molecule is O=S(=O)(c1ccc(F)cc1Cl)N(Cc1ccc2c(c1)OCO2)C1CCCC1. The minimum absolute atomic E-state index is 0.0711. The third kappa shape index (κ3) is 3.63. The van der Waals surface area contributed by atoms with Crippen LogP contribution >= 0.6 is 11.6 Å². The highest BCUT2D eigenvalue weighted by Crippen LogP contribution is 2.36. The molecule has 2 aromatic rings. The van der Waals surface area contributed by atoms with Crippen LogP contribution in [-0.2, 0) is 16.6 Å². The zero-order valence-corrected chi connectivity index (χ0v) is 16.1. The van der Waals surface area contributed by atoms with E-state index >= 15 is 0 Å². The van der Waals surface area contributed by atoms with E-state index in [1.165, 1.54) is 10.4 Å². The second-order valence-corrected chi connectivity index (χ2v) is 9.02. The van der Waals surface area contributed by atoms with E-state index in [2.05, 4.69) is 0 Å². The fraction of sp³-hybridized carbons (Fsp3) is 0.368. The number of halogens is 2. The Bertz CT molecular complexity index is 960. The first-order valence-corrected chi connectivity index (χ1v) is 10.6. The summed E-state index contributed by atoms with van der Waals surface area (Å²) in [6.07, 6.45) is 3.55. The topological polar surface area (TPSA) is 55.8 Å². The molecule has 0 atom stereocenters. The first-order valence-electron chi connectivity index (χ1n) is 8.80. The van der Waals surface area contributed by atoms with Crippen LogP contribution in [0.1, 0.15) is 31.2 Å². The van der Waals surface area contributed by atoms with Crippen LogP contribution in [-0.4, -0.2) is 25.6 Å². The summed E-state index contributed by atoms with van der Waals surface area (Å²) in [6, 6.07) is 8.68. The molecule has 5 nitrogen and oxygen atoms in total. The summed E-state index contributed by atoms with van der Waals surface area (Å²) in [4.78, 5) is -0.0711. The Morgan fingerprint density at radius 2 is 1.81 bits per heavy atom. The van der Waals surface area contributed by atoms with Crippen molar-refractivity contribution in [1.82, 2.24) is 4.31 Å². The maximum Gasteiger partial charge on any atom is 0.245 e. The standard InChI is InChI=1S/C19H19ClFNO4S/c20-16-10-14(21)6-8-19(16)27(23,24)22(15-3-1-2-4-15)11-13-5-7-17-18(9-13)26-12-25-17/h5-10,15H,1-4,11-12H2. The van der Waals surface area contributed by atoms with Gasteiger partial charge in [0, 0.05) is 12.6 Å². The number of ether oxygens (including phenoxy) is 2. The van der Waals surface area contributed by atoms with Gasteiger partial charge in [0.25, 0.3) is 0 Å². The normalized spacial score (nSPS) is 17.0. The zero-order valence-electron chi connectivity index (χ0n) is 14.5. The van der Waals surface area contributed by atoms with E-state index in [0.29, 0.717) is 11.5 Å². The maximum atomic E-state index is 13.4. The molecule has 0 unspecified atom stereocenters. The summed E-state index contributed by atoms with van der Waals surface area (Å²) in [6.45, 7) is 0.353. The van der Waals surface area contributed by atoms with E-state index in [4.69, 9.17) is 21.1 Å². The third-order valence-electron chi connectivity index (χ3n) is 4.99. The third-order valence-corrected chi connectivity index (χ3v) is 7.37. The number of rotatable bonds is 5. The number of sulfonamides is 1. The number of hydrogen-bond acceptors (Lipinski definition) is 4. The number of benzene rings is 2. The highest BCUT2D eigenvalue weighted by molar-refractivity contribution is 7.89. The molecule has 27 heavy (non-hydrogen) atoms. The van der Waals surface area contributed by atoms with Gasteiger partial charge in [0.15, 0.2) is 11.5 Å². The molecule has 0 N–H and O–H groups in total. The van der Waals surface area contributed by atoms with Crippen molar-refractivity contribution in [1.29, 1.82) is 0 Å². The van der Waals surface area contributed by atoms with Gasteiger partial charge < -0.3 is 9.47 Å². The lowest BCUT2D eigenvalue weighted by molar-refractivity contribution is 0.174. The van der Waals surface area contributed by atoms with Gasteiger partial charge in [-0.2, -0.15) is 4.31 Å². The predicted molar refractivity (Wildman–Crippen MR) is 99.0 cm³/mol. The summed E-state index contributed by atoms with van der Waals surface area (Å²) in [5.74, 6) is 0.689. The molecule has 0 aromatic heterocycles. The van der Waals surface area contributed by atoms with Crippen molar-refractivity contribution >= 4 is 21.6 Å². The highest BCUT2D eigenvalue weighted by atomic mass is 35.5. The molecule has 8 heteroatoms. The van der Waals surface area contributed by atoms with Gasteiger partial charge in [0.05, 0.1) is 5.02 Å². The highest BCUT2D eigenvalue weighted by Gasteiger charge is 2.35. The van der Waals surface area contributed by atoms with Gasteiger partial charge >= 0.3 is 0 Å². The van der Waals surface area contributed by atoms with Crippen molar-refractivity contribution < 1.29 is 22.3 Å². The Morgan fingerprint density at radius 1 is 1.07 bits per heavy atom. The summed E-state index contributed by atoms with van der Waals surface area (Å²) in [7, 11) is -3.88. The van der Waals surface area contributed by atoms with E-state index in [1.54, 1.807) is 12.1 Å². The van der Waals surface area contributed by atoms with Gasteiger partial charge in [0.2, 0.25) is 16.8 Å². The molecule has 0 spiro atoms. The molecular formula is C19H19ClFNO4S. The van der Waals surface area contributed by atoms with Crippen molar-refractivity contribution in [2.45, 2.75) is 43.2 Å².